The molecule has 13 heavy (non-hydrogen) atoms. The van der Waals surface area contributed by atoms with Gasteiger partial charge in [0.25, 0.3) is 0 Å². The van der Waals surface area contributed by atoms with Gasteiger partial charge in [0.15, 0.2) is 0 Å². The molecule has 0 unspecified atom stereocenters. The number of hydrogen-bond acceptors (Lipinski definition) is 2. The predicted molar refractivity (Wildman–Crippen MR) is 51.6 cm³/mol. The highest BCUT2D eigenvalue weighted by Crippen LogP contribution is 2.23. The van der Waals surface area contributed by atoms with E-state index in [4.69, 9.17) is 5.11 Å². The quantitative estimate of drug-likeness (QED) is 0.657. The van der Waals surface area contributed by atoms with E-state index in [1.165, 1.54) is 6.08 Å². The van der Waals surface area contributed by atoms with Crippen molar-refractivity contribution >= 4 is 5.97 Å². The van der Waals surface area contributed by atoms with Gasteiger partial charge in [-0.15, -0.1) is 0 Å². The molecule has 0 bridgehead atoms. The Kier molecular flexibility index (Phi) is 3.48. The van der Waals surface area contributed by atoms with Gasteiger partial charge in [0.1, 0.15) is 0 Å². The molecule has 1 N–H and O–H groups in total. The molecule has 0 aromatic carbocycles. The van der Waals surface area contributed by atoms with Gasteiger partial charge < -0.3 is 10.0 Å². The Hall–Kier alpha value is -0.830. The standard InChI is InChI=1S/C10H17NO2/c1-8(7-10(12)13)9-3-5-11(2)6-4-9/h7,9H,3-6H2,1-2H3,(H,12,13)/b8-7+. The van der Waals surface area contributed by atoms with Crippen LogP contribution in [0.1, 0.15) is 19.8 Å². The normalized spacial score (nSPS) is 21.8. The zero-order chi connectivity index (χ0) is 9.84. The average Bonchev–Trinajstić information content (AvgIpc) is 2.04. The summed E-state index contributed by atoms with van der Waals surface area (Å²) < 4.78 is 0. The summed E-state index contributed by atoms with van der Waals surface area (Å²) in [5.41, 5.74) is 1.01. The number of hydrogen-bond donors (Lipinski definition) is 1. The van der Waals surface area contributed by atoms with Gasteiger partial charge in [-0.3, -0.25) is 0 Å². The van der Waals surface area contributed by atoms with Crippen molar-refractivity contribution in [1.82, 2.24) is 4.90 Å². The van der Waals surface area contributed by atoms with Crippen LogP contribution in [0.2, 0.25) is 0 Å². The van der Waals surface area contributed by atoms with E-state index >= 15 is 0 Å². The molecule has 0 spiro atoms. The van der Waals surface area contributed by atoms with Crippen LogP contribution in [0, 0.1) is 5.92 Å². The van der Waals surface area contributed by atoms with Crippen LogP contribution in [-0.4, -0.2) is 36.1 Å². The Morgan fingerprint density at radius 3 is 2.46 bits per heavy atom. The number of carboxylic acid groups (broad SMARTS) is 1. The molecule has 0 atom stereocenters. The number of nitrogens with zero attached hydrogens (tertiary/aromatic N) is 1. The molecule has 0 aromatic rings. The van der Waals surface area contributed by atoms with Crippen molar-refractivity contribution in [3.05, 3.63) is 11.6 Å². The monoisotopic (exact) mass is 183 g/mol. The van der Waals surface area contributed by atoms with E-state index in [9.17, 15) is 4.79 Å². The van der Waals surface area contributed by atoms with Crippen molar-refractivity contribution in [1.29, 1.82) is 0 Å². The minimum absolute atomic E-state index is 0.479. The first-order valence-corrected chi connectivity index (χ1v) is 4.69. The first kappa shape index (κ1) is 10.3. The van der Waals surface area contributed by atoms with Crippen LogP contribution in [0.4, 0.5) is 0 Å². The number of piperidine rings is 1. The summed E-state index contributed by atoms with van der Waals surface area (Å²) in [5.74, 6) is -0.344. The fraction of sp³-hybridized carbons (Fsp3) is 0.700. The lowest BCUT2D eigenvalue weighted by Gasteiger charge is -2.29. The summed E-state index contributed by atoms with van der Waals surface area (Å²) in [7, 11) is 2.10. The molecule has 1 fully saturated rings. The number of carboxylic acids is 1. The lowest BCUT2D eigenvalue weighted by molar-refractivity contribution is -0.131. The molecule has 0 saturated carbocycles. The Morgan fingerprint density at radius 1 is 1.46 bits per heavy atom. The van der Waals surface area contributed by atoms with Gasteiger partial charge in [0.2, 0.25) is 0 Å². The zero-order valence-corrected chi connectivity index (χ0v) is 8.29. The SMILES string of the molecule is C/C(=C\C(=O)O)C1CCN(C)CC1. The summed E-state index contributed by atoms with van der Waals surface area (Å²) in [4.78, 5) is 12.7. The van der Waals surface area contributed by atoms with Crippen molar-refractivity contribution < 1.29 is 9.90 Å². The predicted octanol–water partition coefficient (Wildman–Crippen LogP) is 1.36. The molecule has 74 valence electrons. The van der Waals surface area contributed by atoms with E-state index in [0.29, 0.717) is 5.92 Å². The van der Waals surface area contributed by atoms with E-state index in [2.05, 4.69) is 11.9 Å². The molecule has 1 aliphatic heterocycles. The van der Waals surface area contributed by atoms with Gasteiger partial charge in [0, 0.05) is 6.08 Å². The fourth-order valence-corrected chi connectivity index (χ4v) is 1.78. The third-order valence-electron chi connectivity index (χ3n) is 2.71. The fourth-order valence-electron chi connectivity index (χ4n) is 1.78. The molecule has 0 aromatic heterocycles. The highest BCUT2D eigenvalue weighted by molar-refractivity contribution is 5.80. The number of aliphatic carboxylic acids is 1. The third-order valence-corrected chi connectivity index (χ3v) is 2.71. The van der Waals surface area contributed by atoms with E-state index in [1.807, 2.05) is 6.92 Å². The molecular weight excluding hydrogens is 166 g/mol. The van der Waals surface area contributed by atoms with Crippen LogP contribution in [0.3, 0.4) is 0 Å². The van der Waals surface area contributed by atoms with Gasteiger partial charge in [-0.05, 0) is 45.8 Å². The highest BCUT2D eigenvalue weighted by atomic mass is 16.4. The van der Waals surface area contributed by atoms with E-state index in [0.717, 1.165) is 31.5 Å². The Labute approximate surface area is 79.0 Å². The summed E-state index contributed by atoms with van der Waals surface area (Å²) in [6.07, 6.45) is 3.52. The smallest absolute Gasteiger partial charge is 0.328 e. The molecule has 3 nitrogen and oxygen atoms in total. The number of rotatable bonds is 2. The van der Waals surface area contributed by atoms with E-state index in [-0.39, 0.29) is 0 Å². The van der Waals surface area contributed by atoms with Crippen molar-refractivity contribution in [2.24, 2.45) is 5.92 Å². The maximum atomic E-state index is 10.4. The minimum Gasteiger partial charge on any atom is -0.478 e. The van der Waals surface area contributed by atoms with Crippen LogP contribution in [-0.2, 0) is 4.79 Å². The van der Waals surface area contributed by atoms with Gasteiger partial charge in [-0.1, -0.05) is 5.57 Å². The molecule has 1 aliphatic rings. The molecule has 1 saturated heterocycles. The first-order chi connectivity index (χ1) is 6.09. The number of allylic oxidation sites excluding steroid dienone is 1. The van der Waals surface area contributed by atoms with Crippen molar-refractivity contribution in [2.45, 2.75) is 19.8 Å². The maximum Gasteiger partial charge on any atom is 0.328 e. The van der Waals surface area contributed by atoms with Gasteiger partial charge >= 0.3 is 5.97 Å². The van der Waals surface area contributed by atoms with Gasteiger partial charge in [-0.2, -0.15) is 0 Å². The summed E-state index contributed by atoms with van der Waals surface area (Å²) in [6.45, 7) is 4.08. The first-order valence-electron chi connectivity index (χ1n) is 4.69. The van der Waals surface area contributed by atoms with E-state index < -0.39 is 5.97 Å². The largest absolute Gasteiger partial charge is 0.478 e. The van der Waals surface area contributed by atoms with Crippen molar-refractivity contribution in [3.8, 4) is 0 Å². The maximum absolute atomic E-state index is 10.4. The second-order valence-electron chi connectivity index (χ2n) is 3.80. The zero-order valence-electron chi connectivity index (χ0n) is 8.29. The highest BCUT2D eigenvalue weighted by Gasteiger charge is 2.18. The molecule has 1 rings (SSSR count). The van der Waals surface area contributed by atoms with Crippen LogP contribution in [0.15, 0.2) is 11.6 Å². The molecule has 1 heterocycles. The molecule has 0 amide bonds. The molecule has 0 radical (unpaired) electrons. The summed E-state index contributed by atoms with van der Waals surface area (Å²) in [6, 6.07) is 0. The molecule has 0 aliphatic carbocycles. The van der Waals surface area contributed by atoms with Crippen molar-refractivity contribution in [3.63, 3.8) is 0 Å². The molecule has 3 heteroatoms. The molecular formula is C10H17NO2. The van der Waals surface area contributed by atoms with E-state index in [1.54, 1.807) is 0 Å². The number of carbonyl (C=O) groups is 1. The lowest BCUT2D eigenvalue weighted by atomic mass is 9.90. The van der Waals surface area contributed by atoms with Crippen LogP contribution < -0.4 is 0 Å². The second-order valence-corrected chi connectivity index (χ2v) is 3.80. The lowest BCUT2D eigenvalue weighted by Crippen LogP contribution is -2.30. The third kappa shape index (κ3) is 3.19. The Bertz CT molecular complexity index is 215. The van der Waals surface area contributed by atoms with Crippen LogP contribution in [0.5, 0.6) is 0 Å². The van der Waals surface area contributed by atoms with Crippen LogP contribution in [0.25, 0.3) is 0 Å². The minimum atomic E-state index is -0.823. The van der Waals surface area contributed by atoms with Crippen molar-refractivity contribution in [2.75, 3.05) is 20.1 Å². The summed E-state index contributed by atoms with van der Waals surface area (Å²) >= 11 is 0. The second kappa shape index (κ2) is 4.42. The average molecular weight is 183 g/mol. The topological polar surface area (TPSA) is 40.5 Å². The van der Waals surface area contributed by atoms with Gasteiger partial charge in [0.05, 0.1) is 0 Å². The number of likely N-dealkylation sites (tertiary alicyclic amines) is 1. The van der Waals surface area contributed by atoms with Gasteiger partial charge in [-0.25, -0.2) is 4.79 Å². The Morgan fingerprint density at radius 2 is 2.00 bits per heavy atom. The Balaban J connectivity index is 2.49. The van der Waals surface area contributed by atoms with Crippen LogP contribution >= 0.6 is 0 Å². The summed E-state index contributed by atoms with van der Waals surface area (Å²) in [5, 5.41) is 8.58.